The monoisotopic (exact) mass is 168 g/mol. The zero-order valence-electron chi connectivity index (χ0n) is 7.95. The van der Waals surface area contributed by atoms with Crippen LogP contribution in [-0.4, -0.2) is 22.8 Å². The van der Waals surface area contributed by atoms with E-state index in [4.69, 9.17) is 4.74 Å². The second-order valence-corrected chi connectivity index (χ2v) is 2.89. The van der Waals surface area contributed by atoms with Crippen molar-refractivity contribution in [3.8, 4) is 0 Å². The van der Waals surface area contributed by atoms with Crippen molar-refractivity contribution in [3.63, 3.8) is 0 Å². The van der Waals surface area contributed by atoms with Crippen molar-refractivity contribution in [2.24, 2.45) is 0 Å². The first-order valence-electron chi connectivity index (χ1n) is 4.28. The molecule has 3 nitrogen and oxygen atoms in total. The summed E-state index contributed by atoms with van der Waals surface area (Å²) < 4.78 is 7.39. The first-order valence-corrected chi connectivity index (χ1v) is 4.28. The van der Waals surface area contributed by atoms with Gasteiger partial charge in [-0.25, -0.2) is 4.98 Å². The van der Waals surface area contributed by atoms with E-state index in [-0.39, 0.29) is 0 Å². The topological polar surface area (TPSA) is 27.1 Å². The molecule has 1 atom stereocenters. The molecule has 68 valence electrons. The van der Waals surface area contributed by atoms with E-state index in [0.29, 0.717) is 6.10 Å². The Morgan fingerprint density at radius 1 is 1.67 bits per heavy atom. The lowest BCUT2D eigenvalue weighted by Gasteiger charge is -2.14. The van der Waals surface area contributed by atoms with Crippen LogP contribution in [0, 0.1) is 6.92 Å². The SMILES string of the molecule is CCC(Cn1ccnc1C)OC. The van der Waals surface area contributed by atoms with Gasteiger partial charge in [0.25, 0.3) is 0 Å². The van der Waals surface area contributed by atoms with Crippen molar-refractivity contribution in [3.05, 3.63) is 18.2 Å². The van der Waals surface area contributed by atoms with Crippen molar-refractivity contribution in [2.75, 3.05) is 7.11 Å². The van der Waals surface area contributed by atoms with Gasteiger partial charge in [0, 0.05) is 26.0 Å². The lowest BCUT2D eigenvalue weighted by Crippen LogP contribution is -2.17. The molecule has 0 saturated heterocycles. The zero-order valence-corrected chi connectivity index (χ0v) is 7.95. The van der Waals surface area contributed by atoms with Gasteiger partial charge >= 0.3 is 0 Å². The Balaban J connectivity index is 2.56. The average Bonchev–Trinajstić information content (AvgIpc) is 2.47. The number of hydrogen-bond donors (Lipinski definition) is 0. The predicted molar refractivity (Wildman–Crippen MR) is 48.1 cm³/mol. The van der Waals surface area contributed by atoms with Crippen LogP contribution in [0.1, 0.15) is 19.2 Å². The molecule has 1 aromatic heterocycles. The van der Waals surface area contributed by atoms with E-state index in [2.05, 4.69) is 16.5 Å². The number of imidazole rings is 1. The summed E-state index contributed by atoms with van der Waals surface area (Å²) in [4.78, 5) is 4.15. The Bertz CT molecular complexity index is 228. The molecule has 0 fully saturated rings. The highest BCUT2D eigenvalue weighted by molar-refractivity contribution is 4.88. The zero-order chi connectivity index (χ0) is 8.97. The van der Waals surface area contributed by atoms with E-state index in [1.54, 1.807) is 7.11 Å². The fourth-order valence-corrected chi connectivity index (χ4v) is 1.19. The summed E-state index contributed by atoms with van der Waals surface area (Å²) in [6.45, 7) is 5.03. The molecule has 0 aliphatic rings. The smallest absolute Gasteiger partial charge is 0.105 e. The Labute approximate surface area is 73.4 Å². The normalized spacial score (nSPS) is 13.2. The summed E-state index contributed by atoms with van der Waals surface area (Å²) >= 11 is 0. The molecule has 0 saturated carbocycles. The number of nitrogens with zero attached hydrogens (tertiary/aromatic N) is 2. The predicted octanol–water partition coefficient (Wildman–Crippen LogP) is 1.62. The van der Waals surface area contributed by atoms with E-state index in [1.165, 1.54) is 0 Å². The van der Waals surface area contributed by atoms with Gasteiger partial charge in [-0.05, 0) is 13.3 Å². The highest BCUT2D eigenvalue weighted by atomic mass is 16.5. The number of methoxy groups -OCH3 is 1. The number of hydrogen-bond acceptors (Lipinski definition) is 2. The fraction of sp³-hybridized carbons (Fsp3) is 0.667. The average molecular weight is 168 g/mol. The summed E-state index contributed by atoms with van der Waals surface area (Å²) in [5.41, 5.74) is 0. The van der Waals surface area contributed by atoms with Gasteiger partial charge in [0.05, 0.1) is 6.10 Å². The summed E-state index contributed by atoms with van der Waals surface area (Å²) in [6.07, 6.45) is 5.14. The number of aromatic nitrogens is 2. The molecule has 0 N–H and O–H groups in total. The third kappa shape index (κ3) is 2.08. The van der Waals surface area contributed by atoms with E-state index in [9.17, 15) is 0 Å². The summed E-state index contributed by atoms with van der Waals surface area (Å²) in [5.74, 6) is 1.05. The third-order valence-electron chi connectivity index (χ3n) is 2.11. The quantitative estimate of drug-likeness (QED) is 0.683. The van der Waals surface area contributed by atoms with Gasteiger partial charge in [-0.3, -0.25) is 0 Å². The minimum absolute atomic E-state index is 0.304. The Morgan fingerprint density at radius 3 is 2.83 bits per heavy atom. The van der Waals surface area contributed by atoms with E-state index >= 15 is 0 Å². The minimum atomic E-state index is 0.304. The summed E-state index contributed by atoms with van der Waals surface area (Å²) in [6, 6.07) is 0. The molecule has 0 amide bonds. The van der Waals surface area contributed by atoms with Crippen molar-refractivity contribution >= 4 is 0 Å². The molecule has 3 heteroatoms. The lowest BCUT2D eigenvalue weighted by atomic mass is 10.3. The summed E-state index contributed by atoms with van der Waals surface area (Å²) in [5, 5.41) is 0. The number of aryl methyl sites for hydroxylation is 1. The second-order valence-electron chi connectivity index (χ2n) is 2.89. The third-order valence-corrected chi connectivity index (χ3v) is 2.11. The van der Waals surface area contributed by atoms with Crippen molar-refractivity contribution in [1.82, 2.24) is 9.55 Å². The number of ether oxygens (including phenoxy) is 1. The molecule has 0 aromatic carbocycles. The van der Waals surface area contributed by atoms with Gasteiger partial charge in [-0.15, -0.1) is 0 Å². The Hall–Kier alpha value is -0.830. The van der Waals surface area contributed by atoms with Gasteiger partial charge in [0.1, 0.15) is 5.82 Å². The van der Waals surface area contributed by atoms with Crippen LogP contribution in [0.2, 0.25) is 0 Å². The molecule has 1 unspecified atom stereocenters. The van der Waals surface area contributed by atoms with Crippen LogP contribution >= 0.6 is 0 Å². The largest absolute Gasteiger partial charge is 0.380 e. The van der Waals surface area contributed by atoms with Crippen molar-refractivity contribution < 1.29 is 4.74 Å². The molecular formula is C9H16N2O. The van der Waals surface area contributed by atoms with Crippen molar-refractivity contribution in [2.45, 2.75) is 32.9 Å². The lowest BCUT2D eigenvalue weighted by molar-refractivity contribution is 0.0841. The van der Waals surface area contributed by atoms with Crippen LogP contribution < -0.4 is 0 Å². The standard InChI is InChI=1S/C9H16N2O/c1-4-9(12-3)7-11-6-5-10-8(11)2/h5-6,9H,4,7H2,1-3H3. The van der Waals surface area contributed by atoms with Gasteiger partial charge in [0.15, 0.2) is 0 Å². The van der Waals surface area contributed by atoms with E-state index < -0.39 is 0 Å². The van der Waals surface area contributed by atoms with Gasteiger partial charge in [-0.2, -0.15) is 0 Å². The van der Waals surface area contributed by atoms with Gasteiger partial charge in [0.2, 0.25) is 0 Å². The molecule has 0 aliphatic heterocycles. The van der Waals surface area contributed by atoms with Gasteiger partial charge in [-0.1, -0.05) is 6.92 Å². The van der Waals surface area contributed by atoms with Crippen LogP contribution in [0.5, 0.6) is 0 Å². The van der Waals surface area contributed by atoms with E-state index in [0.717, 1.165) is 18.8 Å². The number of rotatable bonds is 4. The fourth-order valence-electron chi connectivity index (χ4n) is 1.19. The Kier molecular flexibility index (Phi) is 3.29. The van der Waals surface area contributed by atoms with Crippen LogP contribution in [-0.2, 0) is 11.3 Å². The Morgan fingerprint density at radius 2 is 2.42 bits per heavy atom. The first kappa shape index (κ1) is 9.26. The molecule has 0 aliphatic carbocycles. The second kappa shape index (κ2) is 4.26. The molecule has 0 bridgehead atoms. The molecule has 1 heterocycles. The molecule has 12 heavy (non-hydrogen) atoms. The van der Waals surface area contributed by atoms with Crippen LogP contribution in [0.15, 0.2) is 12.4 Å². The maximum atomic E-state index is 5.28. The van der Waals surface area contributed by atoms with Crippen LogP contribution in [0.4, 0.5) is 0 Å². The van der Waals surface area contributed by atoms with Gasteiger partial charge < -0.3 is 9.30 Å². The molecular weight excluding hydrogens is 152 g/mol. The highest BCUT2D eigenvalue weighted by Crippen LogP contribution is 2.03. The molecule has 1 aromatic rings. The molecule has 0 spiro atoms. The van der Waals surface area contributed by atoms with E-state index in [1.807, 2.05) is 19.3 Å². The summed E-state index contributed by atoms with van der Waals surface area (Å²) in [7, 11) is 1.75. The van der Waals surface area contributed by atoms with Crippen LogP contribution in [0.3, 0.4) is 0 Å². The maximum absolute atomic E-state index is 5.28. The minimum Gasteiger partial charge on any atom is -0.380 e. The molecule has 0 radical (unpaired) electrons. The molecule has 1 rings (SSSR count). The van der Waals surface area contributed by atoms with Crippen molar-refractivity contribution in [1.29, 1.82) is 0 Å². The van der Waals surface area contributed by atoms with Crippen LogP contribution in [0.25, 0.3) is 0 Å². The first-order chi connectivity index (χ1) is 5.77. The highest BCUT2D eigenvalue weighted by Gasteiger charge is 2.05. The maximum Gasteiger partial charge on any atom is 0.105 e.